The lowest BCUT2D eigenvalue weighted by atomic mass is 10.2. The molecule has 0 aliphatic heterocycles. The fourth-order valence-corrected chi connectivity index (χ4v) is 1.96. The van der Waals surface area contributed by atoms with Crippen molar-refractivity contribution in [3.05, 3.63) is 53.3 Å². The van der Waals surface area contributed by atoms with Gasteiger partial charge in [0.25, 0.3) is 5.91 Å². The van der Waals surface area contributed by atoms with Gasteiger partial charge >= 0.3 is 0 Å². The molecule has 0 radical (unpaired) electrons. The standard InChI is InChI=1S/C16H18ClN3O/c1-3-11(2)19-16(21)15-10-14(7-8-18-15)20-13-6-4-5-12(17)9-13/h4-11H,3H2,1-2H3,(H,18,20)(H,19,21). The Labute approximate surface area is 129 Å². The molecule has 4 nitrogen and oxygen atoms in total. The van der Waals surface area contributed by atoms with E-state index in [0.717, 1.165) is 17.8 Å². The number of rotatable bonds is 5. The minimum atomic E-state index is -0.168. The maximum atomic E-state index is 12.1. The summed E-state index contributed by atoms with van der Waals surface area (Å²) in [5, 5.41) is 6.75. The lowest BCUT2D eigenvalue weighted by molar-refractivity contribution is 0.0934. The molecule has 5 heteroatoms. The summed E-state index contributed by atoms with van der Waals surface area (Å²) in [5.74, 6) is -0.168. The molecular formula is C16H18ClN3O. The van der Waals surface area contributed by atoms with Gasteiger partial charge in [0.05, 0.1) is 0 Å². The van der Waals surface area contributed by atoms with Crippen LogP contribution in [-0.4, -0.2) is 16.9 Å². The van der Waals surface area contributed by atoms with Crippen LogP contribution in [0.15, 0.2) is 42.6 Å². The summed E-state index contributed by atoms with van der Waals surface area (Å²) in [4.78, 5) is 16.2. The lowest BCUT2D eigenvalue weighted by Crippen LogP contribution is -2.32. The Hall–Kier alpha value is -2.07. The summed E-state index contributed by atoms with van der Waals surface area (Å²) in [6.07, 6.45) is 2.49. The Morgan fingerprint density at radius 3 is 2.76 bits per heavy atom. The summed E-state index contributed by atoms with van der Waals surface area (Å²) < 4.78 is 0. The van der Waals surface area contributed by atoms with Gasteiger partial charge in [-0.3, -0.25) is 9.78 Å². The highest BCUT2D eigenvalue weighted by molar-refractivity contribution is 6.30. The summed E-state index contributed by atoms with van der Waals surface area (Å²) in [5.41, 5.74) is 2.05. The number of anilines is 2. The number of pyridine rings is 1. The Morgan fingerprint density at radius 2 is 2.05 bits per heavy atom. The molecule has 1 amide bonds. The second-order valence-corrected chi connectivity index (χ2v) is 5.28. The largest absolute Gasteiger partial charge is 0.355 e. The summed E-state index contributed by atoms with van der Waals surface area (Å²) in [6, 6.07) is 11.1. The van der Waals surface area contributed by atoms with Gasteiger partial charge in [0.2, 0.25) is 0 Å². The van der Waals surface area contributed by atoms with Gasteiger partial charge in [-0.1, -0.05) is 24.6 Å². The van der Waals surface area contributed by atoms with E-state index in [-0.39, 0.29) is 11.9 Å². The van der Waals surface area contributed by atoms with Crippen LogP contribution in [0.2, 0.25) is 5.02 Å². The van der Waals surface area contributed by atoms with Crippen LogP contribution in [0.3, 0.4) is 0 Å². The van der Waals surface area contributed by atoms with Crippen molar-refractivity contribution >= 4 is 28.9 Å². The van der Waals surface area contributed by atoms with Gasteiger partial charge in [0.1, 0.15) is 5.69 Å². The zero-order chi connectivity index (χ0) is 15.2. The number of amides is 1. The van der Waals surface area contributed by atoms with Crippen LogP contribution < -0.4 is 10.6 Å². The first-order valence-electron chi connectivity index (χ1n) is 6.88. The zero-order valence-corrected chi connectivity index (χ0v) is 12.8. The van der Waals surface area contributed by atoms with Crippen LogP contribution in [0, 0.1) is 0 Å². The maximum absolute atomic E-state index is 12.1. The third-order valence-corrected chi connectivity index (χ3v) is 3.33. The summed E-state index contributed by atoms with van der Waals surface area (Å²) in [7, 11) is 0. The lowest BCUT2D eigenvalue weighted by Gasteiger charge is -2.12. The third-order valence-electron chi connectivity index (χ3n) is 3.10. The summed E-state index contributed by atoms with van der Waals surface area (Å²) >= 11 is 5.95. The fourth-order valence-electron chi connectivity index (χ4n) is 1.77. The molecule has 0 saturated heterocycles. The highest BCUT2D eigenvalue weighted by atomic mass is 35.5. The number of hydrogen-bond donors (Lipinski definition) is 2. The molecule has 0 spiro atoms. The number of nitrogens with zero attached hydrogens (tertiary/aromatic N) is 1. The molecule has 2 aromatic rings. The van der Waals surface area contributed by atoms with Gasteiger partial charge in [-0.25, -0.2) is 0 Å². The molecule has 1 aromatic heterocycles. The van der Waals surface area contributed by atoms with Crippen molar-refractivity contribution in [2.75, 3.05) is 5.32 Å². The van der Waals surface area contributed by atoms with E-state index in [4.69, 9.17) is 11.6 Å². The van der Waals surface area contributed by atoms with Crippen LogP contribution in [0.4, 0.5) is 11.4 Å². The van der Waals surface area contributed by atoms with Crippen molar-refractivity contribution in [3.8, 4) is 0 Å². The quantitative estimate of drug-likeness (QED) is 0.877. The van der Waals surface area contributed by atoms with E-state index in [0.29, 0.717) is 10.7 Å². The number of hydrogen-bond acceptors (Lipinski definition) is 3. The predicted molar refractivity (Wildman–Crippen MR) is 86.2 cm³/mol. The van der Waals surface area contributed by atoms with Crippen LogP contribution >= 0.6 is 11.6 Å². The van der Waals surface area contributed by atoms with Gasteiger partial charge in [-0.2, -0.15) is 0 Å². The molecule has 0 bridgehead atoms. The van der Waals surface area contributed by atoms with Crippen LogP contribution in [0.5, 0.6) is 0 Å². The minimum absolute atomic E-state index is 0.129. The predicted octanol–water partition coefficient (Wildman–Crippen LogP) is 4.01. The smallest absolute Gasteiger partial charge is 0.270 e. The molecule has 21 heavy (non-hydrogen) atoms. The number of carbonyl (C=O) groups is 1. The first kappa shape index (κ1) is 15.3. The number of carbonyl (C=O) groups excluding carboxylic acids is 1. The monoisotopic (exact) mass is 303 g/mol. The molecule has 2 N–H and O–H groups in total. The van der Waals surface area contributed by atoms with Gasteiger partial charge < -0.3 is 10.6 Å². The number of benzene rings is 1. The molecule has 0 aliphatic rings. The van der Waals surface area contributed by atoms with Crippen molar-refractivity contribution in [2.24, 2.45) is 0 Å². The van der Waals surface area contributed by atoms with Gasteiger partial charge in [-0.15, -0.1) is 0 Å². The highest BCUT2D eigenvalue weighted by Gasteiger charge is 2.10. The minimum Gasteiger partial charge on any atom is -0.355 e. The molecule has 0 aliphatic carbocycles. The molecule has 110 valence electrons. The topological polar surface area (TPSA) is 54.0 Å². The van der Waals surface area contributed by atoms with E-state index in [2.05, 4.69) is 15.6 Å². The molecule has 0 saturated carbocycles. The zero-order valence-electron chi connectivity index (χ0n) is 12.1. The first-order valence-corrected chi connectivity index (χ1v) is 7.25. The van der Waals surface area contributed by atoms with Gasteiger partial charge in [-0.05, 0) is 43.7 Å². The van der Waals surface area contributed by atoms with E-state index < -0.39 is 0 Å². The second kappa shape index (κ2) is 7.09. The van der Waals surface area contributed by atoms with E-state index in [9.17, 15) is 4.79 Å². The van der Waals surface area contributed by atoms with Crippen LogP contribution in [0.1, 0.15) is 30.8 Å². The highest BCUT2D eigenvalue weighted by Crippen LogP contribution is 2.20. The fraction of sp³-hybridized carbons (Fsp3) is 0.250. The molecule has 1 heterocycles. The van der Waals surface area contributed by atoms with Crippen molar-refractivity contribution in [2.45, 2.75) is 26.3 Å². The van der Waals surface area contributed by atoms with E-state index >= 15 is 0 Å². The van der Waals surface area contributed by atoms with E-state index in [1.807, 2.05) is 38.1 Å². The molecular weight excluding hydrogens is 286 g/mol. The Balaban J connectivity index is 2.12. The molecule has 1 aromatic carbocycles. The van der Waals surface area contributed by atoms with Crippen molar-refractivity contribution in [1.82, 2.24) is 10.3 Å². The second-order valence-electron chi connectivity index (χ2n) is 4.85. The molecule has 1 unspecified atom stereocenters. The third kappa shape index (κ3) is 4.46. The number of aromatic nitrogens is 1. The van der Waals surface area contributed by atoms with Gasteiger partial charge in [0, 0.05) is 28.6 Å². The number of nitrogens with one attached hydrogen (secondary N) is 2. The van der Waals surface area contributed by atoms with Crippen LogP contribution in [-0.2, 0) is 0 Å². The molecule has 0 fully saturated rings. The normalized spacial score (nSPS) is 11.8. The SMILES string of the molecule is CCC(C)NC(=O)c1cc(Nc2cccc(Cl)c2)ccn1. The Kier molecular flexibility index (Phi) is 5.17. The average molecular weight is 304 g/mol. The van der Waals surface area contributed by atoms with E-state index in [1.54, 1.807) is 18.3 Å². The van der Waals surface area contributed by atoms with Crippen molar-refractivity contribution < 1.29 is 4.79 Å². The van der Waals surface area contributed by atoms with Crippen LogP contribution in [0.25, 0.3) is 0 Å². The summed E-state index contributed by atoms with van der Waals surface area (Å²) in [6.45, 7) is 3.99. The van der Waals surface area contributed by atoms with Crippen molar-refractivity contribution in [1.29, 1.82) is 0 Å². The Bertz CT molecular complexity index is 630. The Morgan fingerprint density at radius 1 is 1.29 bits per heavy atom. The molecule has 2 rings (SSSR count). The van der Waals surface area contributed by atoms with Gasteiger partial charge in [0.15, 0.2) is 0 Å². The van der Waals surface area contributed by atoms with Crippen molar-refractivity contribution in [3.63, 3.8) is 0 Å². The molecule has 1 atom stereocenters. The first-order chi connectivity index (χ1) is 10.1. The van der Waals surface area contributed by atoms with E-state index in [1.165, 1.54) is 0 Å². The number of halogens is 1. The maximum Gasteiger partial charge on any atom is 0.270 e. The average Bonchev–Trinajstić information content (AvgIpc) is 2.47.